The van der Waals surface area contributed by atoms with Gasteiger partial charge >= 0.3 is 5.97 Å². The van der Waals surface area contributed by atoms with E-state index in [0.29, 0.717) is 6.61 Å². The van der Waals surface area contributed by atoms with Crippen LogP contribution in [-0.4, -0.2) is 36.7 Å². The number of thioether (sulfide) groups is 2. The Balaban J connectivity index is 1.90. The van der Waals surface area contributed by atoms with Gasteiger partial charge in [0.2, 0.25) is 0 Å². The van der Waals surface area contributed by atoms with Crippen molar-refractivity contribution in [2.45, 2.75) is 42.8 Å². The highest BCUT2D eigenvalue weighted by atomic mass is 32.2. The minimum absolute atomic E-state index is 0.0288. The number of hydrogen-bond donors (Lipinski definition) is 0. The zero-order valence-corrected chi connectivity index (χ0v) is 19.5. The third-order valence-electron chi connectivity index (χ3n) is 4.87. The number of carbonyl (C=O) groups is 1. The summed E-state index contributed by atoms with van der Waals surface area (Å²) in [6, 6.07) is 21.4. The molecule has 0 N–H and O–H groups in total. The van der Waals surface area contributed by atoms with E-state index in [-0.39, 0.29) is 21.0 Å². The predicted molar refractivity (Wildman–Crippen MR) is 123 cm³/mol. The van der Waals surface area contributed by atoms with Crippen LogP contribution in [0.4, 0.5) is 0 Å². The Labute approximate surface area is 177 Å². The van der Waals surface area contributed by atoms with Crippen molar-refractivity contribution in [3.8, 4) is 0 Å². The smallest absolute Gasteiger partial charge is 0.303 e. The molecule has 150 valence electrons. The zero-order valence-electron chi connectivity index (χ0n) is 16.9. The molecule has 0 amide bonds. The zero-order chi connectivity index (χ0) is 20.2. The van der Waals surface area contributed by atoms with Crippen LogP contribution in [0.25, 0.3) is 0 Å². The minimum atomic E-state index is -2.51. The molecule has 2 atom stereocenters. The van der Waals surface area contributed by atoms with Gasteiger partial charge in [0.05, 0.1) is 11.2 Å². The molecule has 0 spiro atoms. The molecular formula is C22H28O3S2Si. The summed E-state index contributed by atoms with van der Waals surface area (Å²) in [6.45, 7) is 8.97. The molecule has 1 aliphatic heterocycles. The van der Waals surface area contributed by atoms with Crippen molar-refractivity contribution < 1.29 is 14.0 Å². The first-order valence-electron chi connectivity index (χ1n) is 9.52. The molecule has 0 aliphatic carbocycles. The van der Waals surface area contributed by atoms with E-state index in [1.165, 1.54) is 17.3 Å². The Kier molecular flexibility index (Phi) is 6.97. The summed E-state index contributed by atoms with van der Waals surface area (Å²) in [7, 11) is -2.51. The van der Waals surface area contributed by atoms with E-state index >= 15 is 0 Å². The number of esters is 1. The third-order valence-corrected chi connectivity index (χ3v) is 12.8. The molecule has 1 saturated heterocycles. The molecular weight excluding hydrogens is 404 g/mol. The molecule has 28 heavy (non-hydrogen) atoms. The Morgan fingerprint density at radius 1 is 1.04 bits per heavy atom. The molecule has 0 unspecified atom stereocenters. The Bertz CT molecular complexity index is 738. The second-order valence-corrected chi connectivity index (χ2v) is 15.1. The normalized spacial score (nSPS) is 20.1. The number of carbonyl (C=O) groups excluding carboxylic acids is 1. The third kappa shape index (κ3) is 4.67. The second-order valence-electron chi connectivity index (χ2n) is 7.91. The minimum Gasteiger partial charge on any atom is -0.451 e. The molecule has 0 saturated carbocycles. The van der Waals surface area contributed by atoms with Crippen LogP contribution >= 0.6 is 23.5 Å². The summed E-state index contributed by atoms with van der Waals surface area (Å²) >= 11 is 3.51. The SMILES string of the molecule is CC(=O)O[C@@H]1CS[C@@H](CO[Si](c2ccccc2)(c2ccccc2)C(C)(C)C)S1. The van der Waals surface area contributed by atoms with E-state index in [2.05, 4.69) is 81.4 Å². The van der Waals surface area contributed by atoms with Gasteiger partial charge in [-0.25, -0.2) is 0 Å². The summed E-state index contributed by atoms with van der Waals surface area (Å²) in [5.41, 5.74) is -0.0738. The average molecular weight is 433 g/mol. The monoisotopic (exact) mass is 432 g/mol. The van der Waals surface area contributed by atoms with Crippen LogP contribution in [0, 0.1) is 0 Å². The van der Waals surface area contributed by atoms with Gasteiger partial charge in [0, 0.05) is 12.7 Å². The fraction of sp³-hybridized carbons (Fsp3) is 0.409. The molecule has 1 heterocycles. The van der Waals surface area contributed by atoms with Crippen molar-refractivity contribution in [2.75, 3.05) is 12.4 Å². The summed E-state index contributed by atoms with van der Waals surface area (Å²) in [5, 5.41) is 2.55. The molecule has 2 aromatic rings. The van der Waals surface area contributed by atoms with Gasteiger partial charge in [0.25, 0.3) is 8.32 Å². The Morgan fingerprint density at radius 2 is 1.57 bits per heavy atom. The van der Waals surface area contributed by atoms with E-state index in [9.17, 15) is 4.79 Å². The molecule has 0 aromatic heterocycles. The summed E-state index contributed by atoms with van der Waals surface area (Å²) in [5.74, 6) is 0.602. The van der Waals surface area contributed by atoms with Crippen LogP contribution in [0.3, 0.4) is 0 Å². The molecule has 3 rings (SSSR count). The molecule has 3 nitrogen and oxygen atoms in total. The highest BCUT2D eigenvalue weighted by Crippen LogP contribution is 2.41. The van der Waals surface area contributed by atoms with Gasteiger partial charge < -0.3 is 9.16 Å². The van der Waals surface area contributed by atoms with Crippen molar-refractivity contribution in [2.24, 2.45) is 0 Å². The maximum atomic E-state index is 11.3. The van der Waals surface area contributed by atoms with Gasteiger partial charge in [-0.15, -0.1) is 23.5 Å². The fourth-order valence-electron chi connectivity index (χ4n) is 3.72. The largest absolute Gasteiger partial charge is 0.451 e. The lowest BCUT2D eigenvalue weighted by molar-refractivity contribution is -0.141. The first kappa shape index (κ1) is 21.5. The van der Waals surface area contributed by atoms with Crippen LogP contribution in [0.15, 0.2) is 60.7 Å². The van der Waals surface area contributed by atoms with Crippen molar-refractivity contribution in [3.63, 3.8) is 0 Å². The van der Waals surface area contributed by atoms with Crippen LogP contribution in [-0.2, 0) is 14.0 Å². The molecule has 1 aliphatic rings. The van der Waals surface area contributed by atoms with Crippen molar-refractivity contribution in [3.05, 3.63) is 60.7 Å². The van der Waals surface area contributed by atoms with E-state index < -0.39 is 8.32 Å². The van der Waals surface area contributed by atoms with E-state index in [0.717, 1.165) is 5.75 Å². The van der Waals surface area contributed by atoms with Crippen LogP contribution < -0.4 is 10.4 Å². The summed E-state index contributed by atoms with van der Waals surface area (Å²) in [6.07, 6.45) is 0. The van der Waals surface area contributed by atoms with Crippen molar-refractivity contribution in [1.82, 2.24) is 0 Å². The maximum absolute atomic E-state index is 11.3. The first-order chi connectivity index (χ1) is 13.3. The van der Waals surface area contributed by atoms with Crippen LogP contribution in [0.1, 0.15) is 27.7 Å². The fourth-order valence-corrected chi connectivity index (χ4v) is 11.3. The van der Waals surface area contributed by atoms with Gasteiger partial charge in [-0.2, -0.15) is 0 Å². The molecule has 0 radical (unpaired) electrons. The van der Waals surface area contributed by atoms with E-state index in [1.807, 2.05) is 11.8 Å². The highest BCUT2D eigenvalue weighted by molar-refractivity contribution is 8.20. The summed E-state index contributed by atoms with van der Waals surface area (Å²) < 4.78 is 12.6. The first-order valence-corrected chi connectivity index (χ1v) is 13.4. The number of rotatable bonds is 6. The number of ether oxygens (including phenoxy) is 1. The van der Waals surface area contributed by atoms with Gasteiger partial charge in [-0.3, -0.25) is 4.79 Å². The van der Waals surface area contributed by atoms with Gasteiger partial charge in [0.15, 0.2) is 5.44 Å². The highest BCUT2D eigenvalue weighted by Gasteiger charge is 2.50. The van der Waals surface area contributed by atoms with Gasteiger partial charge in [0.1, 0.15) is 0 Å². The van der Waals surface area contributed by atoms with E-state index in [1.54, 1.807) is 11.8 Å². The van der Waals surface area contributed by atoms with Gasteiger partial charge in [-0.1, -0.05) is 81.4 Å². The standard InChI is InChI=1S/C22H28O3S2Si/c1-17(23)25-20-16-26-21(27-20)15-24-28(22(2,3)4,18-11-7-5-8-12-18)19-13-9-6-10-14-19/h5-14,20-21H,15-16H2,1-4H3/t20-,21+/m0/s1. The second kappa shape index (κ2) is 9.07. The lowest BCUT2D eigenvalue weighted by atomic mass is 10.2. The van der Waals surface area contributed by atoms with Gasteiger partial charge in [-0.05, 0) is 15.4 Å². The van der Waals surface area contributed by atoms with Crippen LogP contribution in [0.5, 0.6) is 0 Å². The number of benzene rings is 2. The quantitative estimate of drug-likeness (QED) is 0.503. The molecule has 6 heteroatoms. The topological polar surface area (TPSA) is 35.5 Å². The Hall–Kier alpha value is -1.21. The predicted octanol–water partition coefficient (Wildman–Crippen LogP) is 4.26. The lowest BCUT2D eigenvalue weighted by Gasteiger charge is -2.43. The molecule has 0 bridgehead atoms. The number of hydrogen-bond acceptors (Lipinski definition) is 5. The van der Waals surface area contributed by atoms with Crippen LogP contribution in [0.2, 0.25) is 5.04 Å². The lowest BCUT2D eigenvalue weighted by Crippen LogP contribution is -2.66. The maximum Gasteiger partial charge on any atom is 0.303 e. The average Bonchev–Trinajstić information content (AvgIpc) is 3.09. The van der Waals surface area contributed by atoms with Crippen molar-refractivity contribution >= 4 is 48.2 Å². The molecule has 2 aromatic carbocycles. The summed E-state index contributed by atoms with van der Waals surface area (Å²) in [4.78, 5) is 11.3. The van der Waals surface area contributed by atoms with E-state index in [4.69, 9.17) is 9.16 Å². The van der Waals surface area contributed by atoms with Crippen molar-refractivity contribution in [1.29, 1.82) is 0 Å². The molecule has 1 fully saturated rings. The Morgan fingerprint density at radius 3 is 2.04 bits per heavy atom.